The molecule has 5 rings (SSSR count). The van der Waals surface area contributed by atoms with Crippen molar-refractivity contribution < 1.29 is 19.3 Å². The van der Waals surface area contributed by atoms with Gasteiger partial charge in [0, 0.05) is 60.3 Å². The monoisotopic (exact) mass is 661 g/mol. The molecule has 2 aliphatic heterocycles. The Morgan fingerprint density at radius 2 is 1.51 bits per heavy atom. The van der Waals surface area contributed by atoms with Crippen LogP contribution in [0.25, 0.3) is 0 Å². The number of unbranched alkanes of at least 4 members (excludes halogenated alkanes) is 4. The van der Waals surface area contributed by atoms with Crippen molar-refractivity contribution in [3.05, 3.63) is 106 Å². The minimum absolute atomic E-state index is 0.0845. The van der Waals surface area contributed by atoms with E-state index in [4.69, 9.17) is 5.11 Å². The summed E-state index contributed by atoms with van der Waals surface area (Å²) >= 11 is 0. The lowest BCUT2D eigenvalue weighted by molar-refractivity contribution is -0.438. The van der Waals surface area contributed by atoms with Crippen LogP contribution < -0.4 is 4.90 Å². The minimum Gasteiger partial charge on any atom is -0.481 e. The highest BCUT2D eigenvalue weighted by atomic mass is 16.4. The molecule has 0 bridgehead atoms. The normalized spacial score (nSPS) is 19.8. The number of fused-ring (bicyclic) bond motifs is 2. The van der Waals surface area contributed by atoms with Crippen LogP contribution >= 0.6 is 0 Å². The van der Waals surface area contributed by atoms with E-state index in [1.165, 1.54) is 50.6 Å². The van der Waals surface area contributed by atoms with Crippen LogP contribution in [0.2, 0.25) is 0 Å². The van der Waals surface area contributed by atoms with Crippen LogP contribution in [0, 0.1) is 0 Å². The molecule has 0 unspecified atom stereocenters. The number of rotatable bonds is 15. The lowest BCUT2D eigenvalue weighted by atomic mass is 9.80. The Hall–Kier alpha value is -3.99. The van der Waals surface area contributed by atoms with Crippen LogP contribution in [0.3, 0.4) is 0 Å². The smallest absolute Gasteiger partial charge is 0.303 e. The second kappa shape index (κ2) is 15.7. The second-order valence-electron chi connectivity index (χ2n) is 15.3. The Morgan fingerprint density at radius 3 is 2.27 bits per heavy atom. The molecule has 0 fully saturated rings. The first-order valence-corrected chi connectivity index (χ1v) is 18.5. The summed E-state index contributed by atoms with van der Waals surface area (Å²) in [5.41, 5.74) is 12.0. The van der Waals surface area contributed by atoms with Crippen LogP contribution in [0.1, 0.15) is 123 Å². The molecular formula is C44H57N2O3+. The van der Waals surface area contributed by atoms with Gasteiger partial charge in [-0.2, -0.15) is 4.58 Å². The highest BCUT2D eigenvalue weighted by molar-refractivity contribution is 6.03. The maximum Gasteiger partial charge on any atom is 0.303 e. The summed E-state index contributed by atoms with van der Waals surface area (Å²) in [4.78, 5) is 25.0. The molecule has 0 radical (unpaired) electrons. The van der Waals surface area contributed by atoms with Gasteiger partial charge in [-0.1, -0.05) is 68.8 Å². The summed E-state index contributed by atoms with van der Waals surface area (Å²) in [5, 5.41) is 9.08. The number of Topliss-reactive ketones (excluding diaryl/α,β-unsaturated/α-hetero) is 1. The van der Waals surface area contributed by atoms with Crippen LogP contribution in [0.15, 0.2) is 95.3 Å². The summed E-state index contributed by atoms with van der Waals surface area (Å²) in [6.07, 6.45) is 19.4. The maximum absolute atomic E-state index is 11.5. The molecule has 0 saturated heterocycles. The molecule has 0 aromatic heterocycles. The van der Waals surface area contributed by atoms with Crippen molar-refractivity contribution in [1.29, 1.82) is 0 Å². The van der Waals surface area contributed by atoms with E-state index < -0.39 is 5.97 Å². The lowest BCUT2D eigenvalue weighted by Crippen LogP contribution is -2.28. The van der Waals surface area contributed by atoms with E-state index in [9.17, 15) is 9.59 Å². The Balaban J connectivity index is 1.41. The van der Waals surface area contributed by atoms with Gasteiger partial charge in [0.1, 0.15) is 12.3 Å². The molecule has 0 saturated carbocycles. The second-order valence-corrected chi connectivity index (χ2v) is 15.3. The zero-order valence-electron chi connectivity index (χ0n) is 30.8. The van der Waals surface area contributed by atoms with Crippen molar-refractivity contribution in [2.45, 2.75) is 123 Å². The summed E-state index contributed by atoms with van der Waals surface area (Å²) < 4.78 is 2.52. The van der Waals surface area contributed by atoms with Gasteiger partial charge in [-0.15, -0.1) is 0 Å². The molecule has 5 heteroatoms. The van der Waals surface area contributed by atoms with Crippen molar-refractivity contribution in [3.8, 4) is 0 Å². The molecule has 2 aromatic carbocycles. The van der Waals surface area contributed by atoms with Gasteiger partial charge in [-0.3, -0.25) is 4.79 Å². The number of hydrogen-bond donors (Lipinski definition) is 1. The predicted octanol–water partition coefficient (Wildman–Crippen LogP) is 10.5. The average molecular weight is 662 g/mol. The zero-order chi connectivity index (χ0) is 35.2. The molecule has 2 aromatic rings. The SMILES string of the molecule is CC(=O)CCCCC[N+]1=C(/C=C/C2=C(C)C(=C/C=C3/N(CCCCCC(=O)O)c4ccccc4C3(C)C)/CCC2)C(C)(C)c2ccccc21. The summed E-state index contributed by atoms with van der Waals surface area (Å²) in [6.45, 7) is 15.2. The van der Waals surface area contributed by atoms with Crippen LogP contribution in [-0.4, -0.2) is 40.2 Å². The number of ketones is 1. The first-order chi connectivity index (χ1) is 23.4. The van der Waals surface area contributed by atoms with E-state index in [0.29, 0.717) is 6.42 Å². The first-order valence-electron chi connectivity index (χ1n) is 18.5. The number of carboxylic acids is 1. The summed E-state index contributed by atoms with van der Waals surface area (Å²) in [5.74, 6) is -0.432. The Labute approximate surface area is 294 Å². The fourth-order valence-corrected chi connectivity index (χ4v) is 8.13. The standard InChI is InChI=1S/C44H56N2O3/c1-32(47)18-9-7-15-30-45-38-23-13-11-21-36(38)43(3,4)40(45)28-26-34-19-17-20-35(33(34)2)27-29-41-44(5,6)37-22-12-14-24-39(37)46(41)31-16-8-10-25-42(48)49/h11-14,21-24,26-29H,7-10,15-20,25,30-31H2,1-6H3/p+1. The molecular weight excluding hydrogens is 604 g/mol. The van der Waals surface area contributed by atoms with Gasteiger partial charge in [0.25, 0.3) is 0 Å². The van der Waals surface area contributed by atoms with Gasteiger partial charge in [0.05, 0.1) is 5.41 Å². The number of carboxylic acid groups (broad SMARTS) is 1. The minimum atomic E-state index is -0.713. The van der Waals surface area contributed by atoms with Gasteiger partial charge in [0.2, 0.25) is 5.69 Å². The molecule has 1 aliphatic carbocycles. The third-order valence-corrected chi connectivity index (χ3v) is 11.0. The fraction of sp³-hybridized carbons (Fsp3) is 0.477. The van der Waals surface area contributed by atoms with E-state index in [0.717, 1.165) is 70.9 Å². The Bertz CT molecular complexity index is 1710. The fourth-order valence-electron chi connectivity index (χ4n) is 8.13. The van der Waals surface area contributed by atoms with Crippen molar-refractivity contribution in [3.63, 3.8) is 0 Å². The van der Waals surface area contributed by atoms with Crippen molar-refractivity contribution in [2.75, 3.05) is 18.0 Å². The average Bonchev–Trinajstić information content (AvgIpc) is 3.41. The molecule has 260 valence electrons. The van der Waals surface area contributed by atoms with Gasteiger partial charge < -0.3 is 14.8 Å². The highest BCUT2D eigenvalue weighted by Gasteiger charge is 2.44. The molecule has 2 heterocycles. The number of aliphatic carboxylic acids is 1. The highest BCUT2D eigenvalue weighted by Crippen LogP contribution is 2.48. The number of para-hydroxylation sites is 2. The molecule has 5 nitrogen and oxygen atoms in total. The largest absolute Gasteiger partial charge is 0.481 e. The number of hydrogen-bond acceptors (Lipinski definition) is 3. The van der Waals surface area contributed by atoms with Crippen LogP contribution in [0.5, 0.6) is 0 Å². The number of anilines is 1. The lowest BCUT2D eigenvalue weighted by Gasteiger charge is -2.27. The molecule has 0 atom stereocenters. The Morgan fingerprint density at radius 1 is 0.816 bits per heavy atom. The van der Waals surface area contributed by atoms with Crippen LogP contribution in [0.4, 0.5) is 11.4 Å². The van der Waals surface area contributed by atoms with E-state index >= 15 is 0 Å². The van der Waals surface area contributed by atoms with E-state index in [1.807, 2.05) is 0 Å². The van der Waals surface area contributed by atoms with Gasteiger partial charge in [-0.05, 0) is 107 Å². The predicted molar refractivity (Wildman–Crippen MR) is 203 cm³/mol. The topological polar surface area (TPSA) is 60.6 Å². The number of nitrogens with zero attached hydrogens (tertiary/aromatic N) is 2. The molecule has 0 spiro atoms. The summed E-state index contributed by atoms with van der Waals surface area (Å²) in [6, 6.07) is 17.6. The summed E-state index contributed by atoms with van der Waals surface area (Å²) in [7, 11) is 0. The molecule has 0 amide bonds. The van der Waals surface area contributed by atoms with Crippen molar-refractivity contribution in [2.24, 2.45) is 0 Å². The molecule has 49 heavy (non-hydrogen) atoms. The molecule has 3 aliphatic rings. The van der Waals surface area contributed by atoms with Crippen molar-refractivity contribution >= 4 is 28.8 Å². The van der Waals surface area contributed by atoms with E-state index in [-0.39, 0.29) is 23.0 Å². The third-order valence-electron chi connectivity index (χ3n) is 11.0. The quantitative estimate of drug-likeness (QED) is 0.152. The van der Waals surface area contributed by atoms with Gasteiger partial charge in [-0.25, -0.2) is 0 Å². The first kappa shape index (κ1) is 36.3. The number of carbonyl (C=O) groups is 2. The zero-order valence-corrected chi connectivity index (χ0v) is 30.8. The molecule has 1 N–H and O–H groups in total. The number of allylic oxidation sites excluding steroid dienone is 8. The third kappa shape index (κ3) is 8.09. The van der Waals surface area contributed by atoms with E-state index in [2.05, 4.69) is 117 Å². The number of carbonyl (C=O) groups excluding carboxylic acids is 1. The van der Waals surface area contributed by atoms with Crippen molar-refractivity contribution in [1.82, 2.24) is 0 Å². The van der Waals surface area contributed by atoms with Crippen LogP contribution in [-0.2, 0) is 20.4 Å². The van der Waals surface area contributed by atoms with Gasteiger partial charge in [0.15, 0.2) is 5.71 Å². The Kier molecular flexibility index (Phi) is 11.6. The van der Waals surface area contributed by atoms with E-state index in [1.54, 1.807) is 6.92 Å². The van der Waals surface area contributed by atoms with Gasteiger partial charge >= 0.3 is 5.97 Å². The maximum atomic E-state index is 11.5. The number of benzene rings is 2.